The van der Waals surface area contributed by atoms with Crippen molar-refractivity contribution < 1.29 is 28.9 Å². The van der Waals surface area contributed by atoms with Crippen LogP contribution in [0.3, 0.4) is 0 Å². The van der Waals surface area contributed by atoms with Crippen molar-refractivity contribution >= 4 is 103 Å². The van der Waals surface area contributed by atoms with Gasteiger partial charge in [-0.1, -0.05) is 23.5 Å². The third-order valence-corrected chi connectivity index (χ3v) is 11.3. The van der Waals surface area contributed by atoms with E-state index in [1.54, 1.807) is 35.3 Å². The van der Waals surface area contributed by atoms with E-state index in [2.05, 4.69) is 20.6 Å². The van der Waals surface area contributed by atoms with Crippen LogP contribution in [0.5, 0.6) is 0 Å². The van der Waals surface area contributed by atoms with Crippen molar-refractivity contribution in [2.75, 3.05) is 96.9 Å². The first-order chi connectivity index (χ1) is 19.0. The monoisotopic (exact) mass is 682 g/mol. The van der Waals surface area contributed by atoms with Gasteiger partial charge in [-0.15, -0.1) is 0 Å². The molecule has 0 heterocycles. The second-order valence-electron chi connectivity index (χ2n) is 7.31. The minimum Gasteiger partial charge on any atom is -0.611 e. The number of aliphatic hydroxyl groups excluding tert-OH is 2. The molecule has 39 heavy (non-hydrogen) atoms. The maximum absolute atomic E-state index is 12.0. The maximum Gasteiger partial charge on any atom is 0.279 e. The first-order valence-electron chi connectivity index (χ1n) is 12.5. The number of amides is 2. The minimum atomic E-state index is -1.11. The van der Waals surface area contributed by atoms with Crippen molar-refractivity contribution in [1.82, 2.24) is 10.6 Å². The Kier molecular flexibility index (Phi) is 32.0. The van der Waals surface area contributed by atoms with Crippen LogP contribution >= 0.6 is 58.8 Å². The molecule has 0 saturated carbocycles. The van der Waals surface area contributed by atoms with Gasteiger partial charge in [0.2, 0.25) is 11.1 Å². The molecule has 0 saturated heterocycles. The third kappa shape index (κ3) is 31.3. The number of thioether (sulfide) groups is 5. The highest BCUT2D eigenvalue weighted by Crippen LogP contribution is 2.09. The second kappa shape index (κ2) is 31.5. The van der Waals surface area contributed by atoms with Gasteiger partial charge in [-0.2, -0.15) is 35.3 Å². The largest absolute Gasteiger partial charge is 0.611 e. The number of aliphatic hydroxyl groups is 2. The van der Waals surface area contributed by atoms with Crippen molar-refractivity contribution in [1.29, 1.82) is 0 Å². The highest BCUT2D eigenvalue weighted by Gasteiger charge is 2.05. The van der Waals surface area contributed by atoms with Crippen LogP contribution in [0.4, 0.5) is 9.59 Å². The van der Waals surface area contributed by atoms with Crippen molar-refractivity contribution in [3.05, 3.63) is 0 Å². The summed E-state index contributed by atoms with van der Waals surface area (Å²) in [5.74, 6) is 7.05. The Hall–Kier alpha value is 0.570. The minimum absolute atomic E-state index is 0.0393. The van der Waals surface area contributed by atoms with E-state index in [0.29, 0.717) is 62.0 Å². The molecule has 2 amide bonds. The third-order valence-electron chi connectivity index (χ3n) is 4.07. The average Bonchev–Trinajstić information content (AvgIpc) is 2.92. The smallest absolute Gasteiger partial charge is 0.279 e. The molecule has 2 unspecified atom stereocenters. The van der Waals surface area contributed by atoms with Gasteiger partial charge in [0.05, 0.1) is 13.1 Å². The fraction of sp³-hybridized carbons (Fsp3) is 0.818. The van der Waals surface area contributed by atoms with Crippen LogP contribution in [-0.4, -0.2) is 138 Å². The Morgan fingerprint density at radius 1 is 0.667 bits per heavy atom. The Bertz CT molecular complexity index is 656. The number of hydrogen-bond donors (Lipinski definition) is 4. The van der Waals surface area contributed by atoms with E-state index < -0.39 is 22.4 Å². The van der Waals surface area contributed by atoms with E-state index in [1.807, 2.05) is 0 Å². The summed E-state index contributed by atoms with van der Waals surface area (Å²) in [6.07, 6.45) is 1.13. The average molecular weight is 683 g/mol. The molecule has 0 rings (SSSR count). The van der Waals surface area contributed by atoms with E-state index in [1.165, 1.54) is 34.6 Å². The summed E-state index contributed by atoms with van der Waals surface area (Å²) in [6.45, 7) is 2.50. The van der Waals surface area contributed by atoms with Gasteiger partial charge in [0, 0.05) is 78.7 Å². The van der Waals surface area contributed by atoms with Crippen molar-refractivity contribution in [3.8, 4) is 0 Å². The normalized spacial score (nSPS) is 13.2. The van der Waals surface area contributed by atoms with Gasteiger partial charge in [-0.3, -0.25) is 9.59 Å². The molecular formula is C22H42N4O6S7. The molecule has 0 aromatic heterocycles. The summed E-state index contributed by atoms with van der Waals surface area (Å²) < 4.78 is 23.4. The zero-order chi connectivity index (χ0) is 28.8. The molecule has 0 fully saturated rings. The molecule has 0 radical (unpaired) electrons. The molecule has 0 aliphatic heterocycles. The standard InChI is InChI=1S/C22H42N4O6S7/c27-7-1-9-36-21(29)25-5-12-34-11-4-24-20-39(32)18-16-35-14-15-37-22(30)26-6-13-33-10-3-23-19-38(31)17-2-8-28/h19-20,27-28H,1-18H2,(H,25,29)(H,26,30)/b23-19-,24-20+. The molecule has 228 valence electrons. The van der Waals surface area contributed by atoms with Gasteiger partial charge < -0.3 is 30.0 Å². The van der Waals surface area contributed by atoms with Crippen LogP contribution in [-0.2, 0) is 22.4 Å². The molecule has 10 nitrogen and oxygen atoms in total. The van der Waals surface area contributed by atoms with Crippen molar-refractivity contribution in [3.63, 3.8) is 0 Å². The first kappa shape index (κ1) is 39.6. The van der Waals surface area contributed by atoms with E-state index >= 15 is 0 Å². The summed E-state index contributed by atoms with van der Waals surface area (Å²) in [5, 5.41) is 22.9. The van der Waals surface area contributed by atoms with Crippen LogP contribution in [0.1, 0.15) is 12.8 Å². The predicted octanol–water partition coefficient (Wildman–Crippen LogP) is 2.39. The Balaban J connectivity index is 3.46. The van der Waals surface area contributed by atoms with Crippen molar-refractivity contribution in [2.45, 2.75) is 12.8 Å². The summed E-state index contributed by atoms with van der Waals surface area (Å²) in [5.41, 5.74) is 2.95. The topological polar surface area (TPSA) is 169 Å². The van der Waals surface area contributed by atoms with Gasteiger partial charge in [0.1, 0.15) is 11.5 Å². The molecule has 2 atom stereocenters. The number of hydrogen-bond acceptors (Lipinski definition) is 13. The Morgan fingerprint density at radius 3 is 1.74 bits per heavy atom. The summed E-state index contributed by atoms with van der Waals surface area (Å²) in [7, 11) is 0. The fourth-order valence-corrected chi connectivity index (χ4v) is 7.97. The number of nitrogens with zero attached hydrogens (tertiary/aromatic N) is 2. The second-order valence-corrected chi connectivity index (χ2v) is 15.9. The molecule has 0 bridgehead atoms. The first-order valence-corrected chi connectivity index (χ1v) is 20.7. The van der Waals surface area contributed by atoms with E-state index in [9.17, 15) is 18.7 Å². The Labute approximate surface area is 260 Å². The van der Waals surface area contributed by atoms with Gasteiger partial charge in [0.25, 0.3) is 10.5 Å². The molecular weight excluding hydrogens is 641 g/mol. The molecule has 0 aromatic carbocycles. The lowest BCUT2D eigenvalue weighted by molar-refractivity contribution is 0.260. The van der Waals surface area contributed by atoms with Gasteiger partial charge in [0.15, 0.2) is 0 Å². The SMILES string of the molecule is O=C(NCCSCC/N=C/[S+]([O-])CCSCCSC(=O)NCCSCC/N=C\[S+]([O-])CCCO)SCCCO. The molecule has 0 aromatic rings. The lowest BCUT2D eigenvalue weighted by Crippen LogP contribution is -2.22. The number of rotatable bonds is 26. The summed E-state index contributed by atoms with van der Waals surface area (Å²) >= 11 is 5.27. The van der Waals surface area contributed by atoms with Crippen LogP contribution in [0.15, 0.2) is 9.98 Å². The number of nitrogens with one attached hydrogen (secondary N) is 2. The van der Waals surface area contributed by atoms with Crippen LogP contribution in [0.2, 0.25) is 0 Å². The summed E-state index contributed by atoms with van der Waals surface area (Å²) in [6, 6.07) is 0. The number of carbonyl (C=O) groups excluding carboxylic acids is 2. The molecule has 0 aliphatic rings. The lowest BCUT2D eigenvalue weighted by atomic mass is 10.5. The zero-order valence-corrected chi connectivity index (χ0v) is 27.9. The molecule has 17 heteroatoms. The van der Waals surface area contributed by atoms with Gasteiger partial charge in [-0.25, -0.2) is 9.98 Å². The zero-order valence-electron chi connectivity index (χ0n) is 22.2. The highest BCUT2D eigenvalue weighted by molar-refractivity contribution is 8.14. The van der Waals surface area contributed by atoms with Crippen LogP contribution in [0.25, 0.3) is 0 Å². The summed E-state index contributed by atoms with van der Waals surface area (Å²) in [4.78, 5) is 31.7. The number of carbonyl (C=O) groups is 2. The number of aliphatic imine (C=N–C) groups is 2. The lowest BCUT2D eigenvalue weighted by Gasteiger charge is -2.06. The van der Waals surface area contributed by atoms with E-state index in [0.717, 1.165) is 34.5 Å². The van der Waals surface area contributed by atoms with Crippen LogP contribution < -0.4 is 10.6 Å². The van der Waals surface area contributed by atoms with E-state index in [4.69, 9.17) is 10.2 Å². The maximum atomic E-state index is 12.0. The van der Waals surface area contributed by atoms with Crippen molar-refractivity contribution in [2.24, 2.45) is 9.98 Å². The van der Waals surface area contributed by atoms with E-state index in [-0.39, 0.29) is 23.7 Å². The highest BCUT2D eigenvalue weighted by atomic mass is 32.2. The van der Waals surface area contributed by atoms with Gasteiger partial charge in [-0.05, 0) is 28.8 Å². The molecule has 0 spiro atoms. The molecule has 0 aliphatic carbocycles. The quantitative estimate of drug-likeness (QED) is 0.0457. The Morgan fingerprint density at radius 2 is 1.18 bits per heavy atom. The van der Waals surface area contributed by atoms with Gasteiger partial charge >= 0.3 is 0 Å². The van der Waals surface area contributed by atoms with Crippen LogP contribution in [0, 0.1) is 0 Å². The fourth-order valence-electron chi connectivity index (χ4n) is 2.24. The predicted molar refractivity (Wildman–Crippen MR) is 180 cm³/mol. The molecule has 4 N–H and O–H groups in total.